The van der Waals surface area contributed by atoms with Crippen molar-refractivity contribution in [1.82, 2.24) is 19.0 Å². The van der Waals surface area contributed by atoms with Crippen LogP contribution in [-0.4, -0.2) is 38.0 Å². The molecule has 0 radical (unpaired) electrons. The molecule has 196 valence electrons. The zero-order chi connectivity index (χ0) is 26.8. The summed E-state index contributed by atoms with van der Waals surface area (Å²) in [7, 11) is 1.86. The number of carbonyl (C=O) groups is 1. The molecule has 0 atom stereocenters. The third kappa shape index (κ3) is 5.50. The number of likely N-dealkylation sites (tertiary alicyclic amines) is 1. The highest BCUT2D eigenvalue weighted by Gasteiger charge is 2.27. The summed E-state index contributed by atoms with van der Waals surface area (Å²) in [5, 5.41) is 3.72. The molecule has 1 N–H and O–H groups in total. The minimum absolute atomic E-state index is 0.164. The normalized spacial score (nSPS) is 14.1. The molecule has 0 spiro atoms. The maximum absolute atomic E-state index is 13.9. The number of anilines is 2. The van der Waals surface area contributed by atoms with E-state index in [-0.39, 0.29) is 29.7 Å². The van der Waals surface area contributed by atoms with E-state index in [1.54, 1.807) is 18.5 Å². The summed E-state index contributed by atoms with van der Waals surface area (Å²) in [5.41, 5.74) is 3.23. The molecule has 9 heteroatoms. The first-order chi connectivity index (χ1) is 18.3. The van der Waals surface area contributed by atoms with Crippen molar-refractivity contribution in [2.45, 2.75) is 32.2 Å². The number of rotatable bonds is 6. The van der Waals surface area contributed by atoms with Crippen molar-refractivity contribution in [1.29, 1.82) is 0 Å². The fourth-order valence-electron chi connectivity index (χ4n) is 4.87. The topological polar surface area (TPSA) is 72.2 Å². The summed E-state index contributed by atoms with van der Waals surface area (Å²) in [5.74, 6) is 0.548. The zero-order valence-corrected chi connectivity index (χ0v) is 22.1. The number of pyridine rings is 1. The largest absolute Gasteiger partial charge is 0.353 e. The number of amides is 1. The smallest absolute Gasteiger partial charge is 0.257 e. The Morgan fingerprint density at radius 1 is 1.11 bits per heavy atom. The molecule has 0 unspecified atom stereocenters. The fraction of sp³-hybridized carbons (Fsp3) is 0.276. The Morgan fingerprint density at radius 3 is 2.53 bits per heavy atom. The Kier molecular flexibility index (Phi) is 7.33. The van der Waals surface area contributed by atoms with Crippen LogP contribution in [0.3, 0.4) is 0 Å². The van der Waals surface area contributed by atoms with Gasteiger partial charge in [-0.05, 0) is 61.1 Å². The second-order valence-electron chi connectivity index (χ2n) is 9.75. The van der Waals surface area contributed by atoms with Gasteiger partial charge < -0.3 is 19.4 Å². The molecule has 1 amide bonds. The first-order valence-corrected chi connectivity index (χ1v) is 12.9. The number of benzene rings is 2. The average molecular weight is 534 g/mol. The molecule has 1 saturated heterocycles. The van der Waals surface area contributed by atoms with Gasteiger partial charge in [-0.2, -0.15) is 0 Å². The van der Waals surface area contributed by atoms with Gasteiger partial charge >= 0.3 is 0 Å². The number of piperidine rings is 1. The van der Waals surface area contributed by atoms with Crippen LogP contribution in [0.2, 0.25) is 5.02 Å². The maximum Gasteiger partial charge on any atom is 0.257 e. The molecule has 5 rings (SSSR count). The van der Waals surface area contributed by atoms with Crippen LogP contribution < -0.4 is 10.9 Å². The molecule has 3 heterocycles. The summed E-state index contributed by atoms with van der Waals surface area (Å²) in [6.07, 6.45) is 6.64. The summed E-state index contributed by atoms with van der Waals surface area (Å²) in [6, 6.07) is 13.6. The highest BCUT2D eigenvalue weighted by Crippen LogP contribution is 2.31. The number of aromatic nitrogens is 3. The van der Waals surface area contributed by atoms with Crippen molar-refractivity contribution in [3.8, 4) is 0 Å². The molecule has 4 aromatic rings. The van der Waals surface area contributed by atoms with Gasteiger partial charge in [0.25, 0.3) is 11.5 Å². The standard InChI is InChI=1S/C29H29ClFN5O2/c1-19-3-8-24(30)26(15-19)33-25-16-28(37)36(18-27-32-11-14-34(27)2)17-23(25)29(38)35-12-9-21(10-13-35)20-4-6-22(31)7-5-20/h3-8,11,14-17,21,33H,9-10,12-13,18H2,1-2H3. The van der Waals surface area contributed by atoms with Crippen LogP contribution in [0.25, 0.3) is 0 Å². The van der Waals surface area contributed by atoms with Gasteiger partial charge in [-0.3, -0.25) is 9.59 Å². The summed E-state index contributed by atoms with van der Waals surface area (Å²) < 4.78 is 16.7. The molecular weight excluding hydrogens is 505 g/mol. The van der Waals surface area contributed by atoms with Crippen molar-refractivity contribution in [3.05, 3.63) is 111 Å². The SMILES string of the molecule is Cc1ccc(Cl)c(Nc2cc(=O)n(Cc3nccn3C)cc2C(=O)N2CCC(c3ccc(F)cc3)CC2)c1. The van der Waals surface area contributed by atoms with Gasteiger partial charge in [-0.15, -0.1) is 0 Å². The number of hydrogen-bond acceptors (Lipinski definition) is 4. The lowest BCUT2D eigenvalue weighted by atomic mass is 9.89. The number of carbonyl (C=O) groups excluding carboxylic acids is 1. The lowest BCUT2D eigenvalue weighted by Gasteiger charge is -2.33. The number of halogens is 2. The van der Waals surface area contributed by atoms with E-state index in [9.17, 15) is 14.0 Å². The molecule has 1 fully saturated rings. The Labute approximate surface area is 225 Å². The average Bonchev–Trinajstić information content (AvgIpc) is 3.32. The van der Waals surface area contributed by atoms with Crippen LogP contribution in [0.15, 0.2) is 71.9 Å². The van der Waals surface area contributed by atoms with Crippen LogP contribution in [0.1, 0.15) is 46.1 Å². The van der Waals surface area contributed by atoms with Crippen molar-refractivity contribution < 1.29 is 9.18 Å². The third-order valence-corrected chi connectivity index (χ3v) is 7.43. The maximum atomic E-state index is 13.9. The van der Waals surface area contributed by atoms with Crippen molar-refractivity contribution in [3.63, 3.8) is 0 Å². The number of imidazole rings is 1. The Bertz CT molecular complexity index is 1520. The van der Waals surface area contributed by atoms with E-state index in [0.717, 1.165) is 24.0 Å². The molecule has 38 heavy (non-hydrogen) atoms. The summed E-state index contributed by atoms with van der Waals surface area (Å²) >= 11 is 6.42. The molecule has 0 saturated carbocycles. The quantitative estimate of drug-likeness (QED) is 0.355. The Morgan fingerprint density at radius 2 is 1.84 bits per heavy atom. The van der Waals surface area contributed by atoms with Crippen LogP contribution in [0.4, 0.5) is 15.8 Å². The molecule has 1 aliphatic heterocycles. The molecule has 2 aromatic carbocycles. The second kappa shape index (κ2) is 10.8. The van der Waals surface area contributed by atoms with Crippen LogP contribution in [-0.2, 0) is 13.6 Å². The second-order valence-corrected chi connectivity index (χ2v) is 10.2. The van der Waals surface area contributed by atoms with E-state index < -0.39 is 0 Å². The van der Waals surface area contributed by atoms with Crippen molar-refractivity contribution in [2.75, 3.05) is 18.4 Å². The van der Waals surface area contributed by atoms with E-state index in [1.807, 2.05) is 53.9 Å². The fourth-order valence-corrected chi connectivity index (χ4v) is 5.04. The van der Waals surface area contributed by atoms with E-state index in [1.165, 1.54) is 22.8 Å². The lowest BCUT2D eigenvalue weighted by molar-refractivity contribution is 0.0713. The first kappa shape index (κ1) is 25.7. The molecule has 0 aliphatic carbocycles. The van der Waals surface area contributed by atoms with Crippen molar-refractivity contribution in [2.24, 2.45) is 7.05 Å². The monoisotopic (exact) mass is 533 g/mol. The number of nitrogens with one attached hydrogen (secondary N) is 1. The third-order valence-electron chi connectivity index (χ3n) is 7.10. The first-order valence-electron chi connectivity index (χ1n) is 12.6. The number of aryl methyl sites for hydroxylation is 2. The van der Waals surface area contributed by atoms with Crippen LogP contribution in [0.5, 0.6) is 0 Å². The van der Waals surface area contributed by atoms with Gasteiger partial charge in [-0.25, -0.2) is 9.37 Å². The molecule has 7 nitrogen and oxygen atoms in total. The highest BCUT2D eigenvalue weighted by atomic mass is 35.5. The minimum Gasteiger partial charge on any atom is -0.353 e. The summed E-state index contributed by atoms with van der Waals surface area (Å²) in [6.45, 7) is 3.30. The van der Waals surface area contributed by atoms with Crippen molar-refractivity contribution >= 4 is 28.9 Å². The number of nitrogens with zero attached hydrogens (tertiary/aromatic N) is 4. The van der Waals surface area contributed by atoms with Crippen LogP contribution >= 0.6 is 11.6 Å². The van der Waals surface area contributed by atoms with E-state index in [2.05, 4.69) is 10.3 Å². The van der Waals surface area contributed by atoms with Crippen LogP contribution in [0, 0.1) is 12.7 Å². The molecular formula is C29H29ClFN5O2. The molecule has 0 bridgehead atoms. The Balaban J connectivity index is 1.44. The zero-order valence-electron chi connectivity index (χ0n) is 21.3. The predicted octanol–water partition coefficient (Wildman–Crippen LogP) is 5.49. The Hall–Kier alpha value is -3.91. The molecule has 1 aliphatic rings. The highest BCUT2D eigenvalue weighted by molar-refractivity contribution is 6.33. The van der Waals surface area contributed by atoms with E-state index >= 15 is 0 Å². The minimum atomic E-state index is -0.258. The van der Waals surface area contributed by atoms with Gasteiger partial charge in [-0.1, -0.05) is 29.8 Å². The molecule has 2 aromatic heterocycles. The van der Waals surface area contributed by atoms with Gasteiger partial charge in [0.05, 0.1) is 28.5 Å². The van der Waals surface area contributed by atoms with Gasteiger partial charge in [0, 0.05) is 44.8 Å². The van der Waals surface area contributed by atoms with E-state index in [0.29, 0.717) is 40.9 Å². The lowest BCUT2D eigenvalue weighted by Crippen LogP contribution is -2.39. The predicted molar refractivity (Wildman–Crippen MR) is 147 cm³/mol. The van der Waals surface area contributed by atoms with Gasteiger partial charge in [0.15, 0.2) is 0 Å². The van der Waals surface area contributed by atoms with Gasteiger partial charge in [0.2, 0.25) is 0 Å². The van der Waals surface area contributed by atoms with Gasteiger partial charge in [0.1, 0.15) is 11.6 Å². The van der Waals surface area contributed by atoms with E-state index in [4.69, 9.17) is 11.6 Å². The summed E-state index contributed by atoms with van der Waals surface area (Å²) in [4.78, 5) is 33.1. The number of hydrogen-bond donors (Lipinski definition) is 1.